The fourth-order valence-electron chi connectivity index (χ4n) is 9.09. The van der Waals surface area contributed by atoms with E-state index in [-0.39, 0.29) is 30.9 Å². The quantitative estimate of drug-likeness (QED) is 0.166. The van der Waals surface area contributed by atoms with Crippen LogP contribution in [0.1, 0.15) is 61.1 Å². The van der Waals surface area contributed by atoms with Crippen molar-refractivity contribution in [3.05, 3.63) is 185 Å². The van der Waals surface area contributed by atoms with Gasteiger partial charge in [0.2, 0.25) is 0 Å². The van der Waals surface area contributed by atoms with Crippen molar-refractivity contribution in [2.75, 3.05) is 0 Å². The molecular formula is C53H41IrN3S-2. The third-order valence-electron chi connectivity index (χ3n) is 12.1. The standard InChI is InChI=1S/C31H25N2.C22H16NS.Ir/c1-19-10-9-11-20(2)28(19)29-23-13-6-8-15-27(23)32-30(33-29)21-16-17-26-24(18-21)22-12-5-7-14-25(22)31(26,3)4;1-22(2)17-8-4-3-7-15(17)16-12-11-14(13-18(16)22)21-23-19-9-5-6-10-20(19)24-21;/h5-15,17-18H,1-4H3;3-10,12-13H,1-2H3;/q2*-1;. The number of aromatic nitrogens is 3. The second-order valence-corrected chi connectivity index (χ2v) is 17.4. The molecule has 2 aromatic heterocycles. The van der Waals surface area contributed by atoms with Crippen LogP contribution in [-0.4, -0.2) is 15.0 Å². The van der Waals surface area contributed by atoms with E-state index in [0.717, 1.165) is 44.1 Å². The molecule has 0 atom stereocenters. The summed E-state index contributed by atoms with van der Waals surface area (Å²) < 4.78 is 1.23. The number of thiazole rings is 1. The SMILES string of the molecule is CC1(C)c2ccccc2-c2c[c-]c(-c3nc4ccccc4s3)cc21.Cc1cccc(C)c1-c1nc(-c2[c-]cc3c(c2)-c2ccccc2C3(C)C)nc2ccccc12.[Ir]. The molecule has 11 rings (SSSR count). The van der Waals surface area contributed by atoms with E-state index in [0.29, 0.717) is 0 Å². The van der Waals surface area contributed by atoms with Gasteiger partial charge in [0.05, 0.1) is 22.6 Å². The van der Waals surface area contributed by atoms with Crippen LogP contribution in [-0.2, 0) is 30.9 Å². The van der Waals surface area contributed by atoms with Gasteiger partial charge in [-0.05, 0) is 70.7 Å². The monoisotopic (exact) mass is 944 g/mol. The number of rotatable bonds is 3. The molecule has 7 aromatic carbocycles. The fraction of sp³-hybridized carbons (Fsp3) is 0.151. The van der Waals surface area contributed by atoms with Crippen molar-refractivity contribution >= 4 is 32.5 Å². The molecule has 58 heavy (non-hydrogen) atoms. The molecule has 1 radical (unpaired) electrons. The summed E-state index contributed by atoms with van der Waals surface area (Å²) in [6.45, 7) is 13.5. The molecule has 2 heterocycles. The number of hydrogen-bond donors (Lipinski definition) is 0. The molecule has 5 heteroatoms. The summed E-state index contributed by atoms with van der Waals surface area (Å²) in [7, 11) is 0. The first-order valence-electron chi connectivity index (χ1n) is 19.6. The molecule has 0 amide bonds. The maximum absolute atomic E-state index is 5.14. The van der Waals surface area contributed by atoms with E-state index >= 15 is 0 Å². The zero-order valence-electron chi connectivity index (χ0n) is 33.4. The number of benzene rings is 7. The van der Waals surface area contributed by atoms with Crippen LogP contribution in [0, 0.1) is 26.0 Å². The first-order valence-corrected chi connectivity index (χ1v) is 20.4. The van der Waals surface area contributed by atoms with Crippen LogP contribution in [0.3, 0.4) is 0 Å². The van der Waals surface area contributed by atoms with E-state index in [4.69, 9.17) is 15.0 Å². The third-order valence-corrected chi connectivity index (χ3v) is 13.2. The van der Waals surface area contributed by atoms with Crippen molar-refractivity contribution < 1.29 is 20.1 Å². The zero-order valence-corrected chi connectivity index (χ0v) is 36.6. The van der Waals surface area contributed by atoms with Gasteiger partial charge in [-0.1, -0.05) is 141 Å². The summed E-state index contributed by atoms with van der Waals surface area (Å²) in [5.41, 5.74) is 19.3. The second-order valence-electron chi connectivity index (χ2n) is 16.4. The molecule has 0 saturated carbocycles. The number of nitrogens with zero attached hydrogens (tertiary/aromatic N) is 3. The number of aryl methyl sites for hydroxylation is 2. The Morgan fingerprint density at radius 1 is 0.500 bits per heavy atom. The summed E-state index contributed by atoms with van der Waals surface area (Å²) in [5.74, 6) is 0.719. The van der Waals surface area contributed by atoms with E-state index in [1.807, 2.05) is 12.1 Å². The van der Waals surface area contributed by atoms with E-state index in [1.165, 1.54) is 65.9 Å². The Hall–Kier alpha value is -5.58. The van der Waals surface area contributed by atoms with Gasteiger partial charge in [0, 0.05) is 40.8 Å². The van der Waals surface area contributed by atoms with Gasteiger partial charge in [-0.3, -0.25) is 15.0 Å². The van der Waals surface area contributed by atoms with Crippen LogP contribution in [0.15, 0.2) is 140 Å². The minimum absolute atomic E-state index is 0. The first-order chi connectivity index (χ1) is 27.6. The first kappa shape index (κ1) is 38.0. The Labute approximate surface area is 358 Å². The molecule has 2 aliphatic carbocycles. The average Bonchev–Trinajstić information content (AvgIpc) is 3.84. The van der Waals surface area contributed by atoms with E-state index < -0.39 is 0 Å². The summed E-state index contributed by atoms with van der Waals surface area (Å²) in [6.07, 6.45) is 0. The fourth-order valence-corrected chi connectivity index (χ4v) is 10.0. The maximum Gasteiger partial charge on any atom is 0.0763 e. The van der Waals surface area contributed by atoms with Crippen LogP contribution >= 0.6 is 11.3 Å². The summed E-state index contributed by atoms with van der Waals surface area (Å²) in [4.78, 5) is 14.9. The van der Waals surface area contributed by atoms with E-state index in [1.54, 1.807) is 11.3 Å². The predicted molar refractivity (Wildman–Crippen MR) is 238 cm³/mol. The minimum Gasteiger partial charge on any atom is -0.285 e. The van der Waals surface area contributed by atoms with Gasteiger partial charge < -0.3 is 0 Å². The van der Waals surface area contributed by atoms with E-state index in [9.17, 15) is 0 Å². The molecule has 0 N–H and O–H groups in total. The predicted octanol–water partition coefficient (Wildman–Crippen LogP) is 13.8. The largest absolute Gasteiger partial charge is 0.285 e. The molecule has 0 spiro atoms. The molecule has 0 unspecified atom stereocenters. The molecule has 0 aliphatic heterocycles. The Bertz CT molecular complexity index is 3010. The van der Waals surface area contributed by atoms with Gasteiger partial charge in [-0.2, -0.15) is 11.3 Å². The van der Waals surface area contributed by atoms with Crippen LogP contribution in [0.25, 0.3) is 76.6 Å². The second kappa shape index (κ2) is 14.4. The topological polar surface area (TPSA) is 38.7 Å². The Kier molecular flexibility index (Phi) is 9.40. The zero-order chi connectivity index (χ0) is 39.1. The smallest absolute Gasteiger partial charge is 0.0763 e. The Morgan fingerprint density at radius 3 is 1.83 bits per heavy atom. The number of para-hydroxylation sites is 2. The Balaban J connectivity index is 0.000000155. The average molecular weight is 944 g/mol. The van der Waals surface area contributed by atoms with E-state index in [2.05, 4.69) is 181 Å². The van der Waals surface area contributed by atoms with Crippen molar-refractivity contribution in [3.8, 4) is 55.5 Å². The molecule has 285 valence electrons. The normalized spacial score (nSPS) is 13.8. The van der Waals surface area contributed by atoms with Gasteiger partial charge in [-0.15, -0.1) is 58.7 Å². The Morgan fingerprint density at radius 2 is 1.10 bits per heavy atom. The molecule has 0 bridgehead atoms. The van der Waals surface area contributed by atoms with Crippen molar-refractivity contribution in [1.29, 1.82) is 0 Å². The summed E-state index contributed by atoms with van der Waals surface area (Å²) in [5, 5.41) is 2.12. The molecule has 2 aliphatic rings. The van der Waals surface area contributed by atoms with Gasteiger partial charge in [-0.25, -0.2) is 0 Å². The minimum atomic E-state index is -0.0331. The summed E-state index contributed by atoms with van der Waals surface area (Å²) in [6, 6.07) is 56.2. The van der Waals surface area contributed by atoms with Crippen LogP contribution < -0.4 is 0 Å². The molecule has 0 fully saturated rings. The third kappa shape index (κ3) is 6.07. The molecular weight excluding hydrogens is 903 g/mol. The van der Waals surface area contributed by atoms with Gasteiger partial charge >= 0.3 is 0 Å². The van der Waals surface area contributed by atoms with Crippen LogP contribution in [0.5, 0.6) is 0 Å². The van der Waals surface area contributed by atoms with Crippen molar-refractivity contribution in [2.45, 2.75) is 52.4 Å². The number of hydrogen-bond acceptors (Lipinski definition) is 4. The summed E-state index contributed by atoms with van der Waals surface area (Å²) >= 11 is 1.74. The van der Waals surface area contributed by atoms with Gasteiger partial charge in [0.25, 0.3) is 0 Å². The maximum atomic E-state index is 5.14. The van der Waals surface area contributed by atoms with Crippen LogP contribution in [0.4, 0.5) is 0 Å². The van der Waals surface area contributed by atoms with Gasteiger partial charge in [0.15, 0.2) is 0 Å². The van der Waals surface area contributed by atoms with Gasteiger partial charge in [0.1, 0.15) is 0 Å². The van der Waals surface area contributed by atoms with Crippen molar-refractivity contribution in [1.82, 2.24) is 15.0 Å². The number of fused-ring (bicyclic) bond motifs is 8. The van der Waals surface area contributed by atoms with Crippen LogP contribution in [0.2, 0.25) is 0 Å². The molecule has 9 aromatic rings. The van der Waals surface area contributed by atoms with Crippen molar-refractivity contribution in [2.24, 2.45) is 0 Å². The molecule has 3 nitrogen and oxygen atoms in total. The molecule has 0 saturated heterocycles. The van der Waals surface area contributed by atoms with Crippen molar-refractivity contribution in [3.63, 3.8) is 0 Å².